The van der Waals surface area contributed by atoms with Crippen LogP contribution in [0.1, 0.15) is 18.9 Å². The predicted molar refractivity (Wildman–Crippen MR) is 98.3 cm³/mol. The lowest BCUT2D eigenvalue weighted by Gasteiger charge is -2.24. The summed E-state index contributed by atoms with van der Waals surface area (Å²) >= 11 is 0. The van der Waals surface area contributed by atoms with Crippen molar-refractivity contribution in [1.82, 2.24) is 0 Å². The first-order chi connectivity index (χ1) is 12.6. The molecule has 1 aliphatic heterocycles. The Labute approximate surface area is 158 Å². The third-order valence-electron chi connectivity index (χ3n) is 4.39. The number of amides is 1. The van der Waals surface area contributed by atoms with Gasteiger partial charge in [0.2, 0.25) is 0 Å². The molecule has 0 spiro atoms. The summed E-state index contributed by atoms with van der Waals surface area (Å²) in [5.74, 6) is 4.24. The highest BCUT2D eigenvalue weighted by molar-refractivity contribution is 7.92. The van der Waals surface area contributed by atoms with Crippen molar-refractivity contribution in [2.75, 3.05) is 31.4 Å². The molecule has 1 heterocycles. The van der Waals surface area contributed by atoms with Gasteiger partial charge >= 0.3 is 12.1 Å². The zero-order valence-electron chi connectivity index (χ0n) is 15.3. The van der Waals surface area contributed by atoms with Crippen molar-refractivity contribution >= 4 is 27.6 Å². The minimum absolute atomic E-state index is 0.0614. The summed E-state index contributed by atoms with van der Waals surface area (Å²) in [5.41, 5.74) is 1.30. The van der Waals surface area contributed by atoms with Crippen LogP contribution in [-0.4, -0.2) is 63.0 Å². The van der Waals surface area contributed by atoms with Gasteiger partial charge in [0.25, 0.3) is 0 Å². The lowest BCUT2D eigenvalue weighted by Crippen LogP contribution is -2.46. The number of sulfone groups is 1. The van der Waals surface area contributed by atoms with Crippen LogP contribution in [0.3, 0.4) is 0 Å². The first-order valence-corrected chi connectivity index (χ1v) is 9.96. The van der Waals surface area contributed by atoms with Gasteiger partial charge < -0.3 is 14.6 Å². The van der Waals surface area contributed by atoms with Gasteiger partial charge in [-0.2, -0.15) is 0 Å². The normalized spacial score (nSPS) is 19.0. The molecule has 0 aromatic heterocycles. The fourth-order valence-corrected chi connectivity index (χ4v) is 3.41. The van der Waals surface area contributed by atoms with Crippen LogP contribution >= 0.6 is 0 Å². The number of carbonyl (C=O) groups is 2. The third kappa shape index (κ3) is 4.59. The van der Waals surface area contributed by atoms with Crippen molar-refractivity contribution in [3.05, 3.63) is 29.8 Å². The van der Waals surface area contributed by atoms with Crippen LogP contribution in [0.5, 0.6) is 0 Å². The molecule has 2 rings (SSSR count). The predicted octanol–water partition coefficient (Wildman–Crippen LogP) is 1.29. The van der Waals surface area contributed by atoms with E-state index < -0.39 is 32.8 Å². The van der Waals surface area contributed by atoms with Crippen LogP contribution in [0.4, 0.5) is 10.5 Å². The number of carbonyl (C=O) groups excluding carboxylic acids is 1. The third-order valence-corrected chi connectivity index (χ3v) is 6.37. The van der Waals surface area contributed by atoms with E-state index in [4.69, 9.17) is 9.47 Å². The number of rotatable bonds is 6. The number of hydrogen-bond acceptors (Lipinski definition) is 6. The first kappa shape index (κ1) is 20.7. The maximum absolute atomic E-state index is 12.1. The quantitative estimate of drug-likeness (QED) is 0.723. The summed E-state index contributed by atoms with van der Waals surface area (Å²) < 4.78 is 31.8. The lowest BCUT2D eigenvalue weighted by molar-refractivity contribution is -0.140. The van der Waals surface area contributed by atoms with E-state index in [1.165, 1.54) is 4.90 Å². The fourth-order valence-electron chi connectivity index (χ4n) is 2.61. The summed E-state index contributed by atoms with van der Waals surface area (Å²) in [6.45, 7) is 1.49. The Balaban J connectivity index is 2.14. The Hall–Kier alpha value is -2.57. The van der Waals surface area contributed by atoms with Crippen LogP contribution < -0.4 is 4.90 Å². The number of methoxy groups -OCH3 is 1. The minimum atomic E-state index is -3.90. The Bertz CT molecular complexity index is 883. The molecule has 9 heteroatoms. The number of benzene rings is 1. The van der Waals surface area contributed by atoms with Crippen LogP contribution in [0.2, 0.25) is 0 Å². The van der Waals surface area contributed by atoms with Crippen molar-refractivity contribution in [3.8, 4) is 11.8 Å². The van der Waals surface area contributed by atoms with Gasteiger partial charge in [-0.15, -0.1) is 0 Å². The number of aliphatic carboxylic acids is 1. The molecule has 1 aromatic rings. The Kier molecular flexibility index (Phi) is 6.13. The second-order valence-corrected chi connectivity index (χ2v) is 8.86. The molecular weight excluding hydrogens is 374 g/mol. The number of hydrogen-bond donors (Lipinski definition) is 1. The van der Waals surface area contributed by atoms with Crippen molar-refractivity contribution in [2.45, 2.75) is 24.2 Å². The maximum atomic E-state index is 12.1. The molecule has 0 aliphatic carbocycles. The van der Waals surface area contributed by atoms with E-state index in [0.29, 0.717) is 12.3 Å². The summed E-state index contributed by atoms with van der Waals surface area (Å²) in [7, 11) is -2.35. The average Bonchev–Trinajstić information content (AvgIpc) is 2.94. The summed E-state index contributed by atoms with van der Waals surface area (Å²) in [5, 5.41) is 9.34. The molecule has 1 amide bonds. The first-order valence-electron chi connectivity index (χ1n) is 8.07. The van der Waals surface area contributed by atoms with E-state index in [1.807, 2.05) is 0 Å². The van der Waals surface area contributed by atoms with E-state index in [0.717, 1.165) is 18.7 Å². The number of carboxylic acids is 1. The molecule has 1 unspecified atom stereocenters. The smallest absolute Gasteiger partial charge is 0.414 e. The largest absolute Gasteiger partial charge is 0.480 e. The molecule has 27 heavy (non-hydrogen) atoms. The highest BCUT2D eigenvalue weighted by Gasteiger charge is 2.48. The topological polar surface area (TPSA) is 110 Å². The van der Waals surface area contributed by atoms with Gasteiger partial charge in [-0.3, -0.25) is 9.69 Å². The number of nitrogens with zero attached hydrogens (tertiary/aromatic N) is 1. The fraction of sp³-hybridized carbons (Fsp3) is 0.444. The molecule has 1 fully saturated rings. The van der Waals surface area contributed by atoms with Crippen LogP contribution in [0.15, 0.2) is 24.3 Å². The van der Waals surface area contributed by atoms with Crippen molar-refractivity contribution in [2.24, 2.45) is 0 Å². The molecule has 1 aromatic carbocycles. The van der Waals surface area contributed by atoms with E-state index in [-0.39, 0.29) is 13.0 Å². The molecule has 0 radical (unpaired) electrons. The number of cyclic esters (lactones) is 1. The Morgan fingerprint density at radius 3 is 2.56 bits per heavy atom. The van der Waals surface area contributed by atoms with Gasteiger partial charge in [0.05, 0.1) is 6.54 Å². The SMILES string of the molecule is COCC#Cc1ccc(N2C[C@H](CC(C)(C(=O)O)S(C)(=O)=O)OC2=O)cc1. The molecule has 1 aliphatic rings. The highest BCUT2D eigenvalue weighted by atomic mass is 32.2. The zero-order valence-corrected chi connectivity index (χ0v) is 16.1. The van der Waals surface area contributed by atoms with Gasteiger partial charge in [0.1, 0.15) is 12.7 Å². The lowest BCUT2D eigenvalue weighted by atomic mass is 10.0. The molecule has 2 atom stereocenters. The number of carboxylic acid groups (broad SMARTS) is 1. The van der Waals surface area contributed by atoms with Crippen molar-refractivity contribution in [3.63, 3.8) is 0 Å². The monoisotopic (exact) mass is 395 g/mol. The van der Waals surface area contributed by atoms with Crippen LogP contribution in [0, 0.1) is 11.8 Å². The minimum Gasteiger partial charge on any atom is -0.480 e. The van der Waals surface area contributed by atoms with E-state index >= 15 is 0 Å². The number of anilines is 1. The second-order valence-electron chi connectivity index (χ2n) is 6.41. The molecular formula is C18H21NO7S. The van der Waals surface area contributed by atoms with Gasteiger partial charge in [-0.05, 0) is 31.2 Å². The van der Waals surface area contributed by atoms with Gasteiger partial charge in [0.15, 0.2) is 14.6 Å². The Morgan fingerprint density at radius 2 is 2.04 bits per heavy atom. The zero-order chi connectivity index (χ0) is 20.2. The van der Waals surface area contributed by atoms with E-state index in [1.54, 1.807) is 31.4 Å². The summed E-state index contributed by atoms with van der Waals surface area (Å²) in [4.78, 5) is 25.0. The Morgan fingerprint density at radius 1 is 1.41 bits per heavy atom. The van der Waals surface area contributed by atoms with Gasteiger partial charge in [-0.1, -0.05) is 11.8 Å². The molecule has 0 bridgehead atoms. The molecule has 8 nitrogen and oxygen atoms in total. The van der Waals surface area contributed by atoms with Crippen LogP contribution in [0.25, 0.3) is 0 Å². The summed E-state index contributed by atoms with van der Waals surface area (Å²) in [6, 6.07) is 6.84. The number of ether oxygens (including phenoxy) is 2. The highest BCUT2D eigenvalue weighted by Crippen LogP contribution is 2.30. The van der Waals surface area contributed by atoms with E-state index in [2.05, 4.69) is 11.8 Å². The second kappa shape index (κ2) is 7.98. The summed E-state index contributed by atoms with van der Waals surface area (Å²) in [6.07, 6.45) is -0.975. The molecule has 1 N–H and O–H groups in total. The molecule has 146 valence electrons. The average molecular weight is 395 g/mol. The standard InChI is InChI=1S/C18H21NO7S/c1-18(16(20)21,27(3,23)24)11-15-12-19(17(22)26-15)14-8-6-13(7-9-14)5-4-10-25-2/h6-9,15H,10-12H2,1-3H3,(H,20,21)/t15-,18?/m0/s1. The van der Waals surface area contributed by atoms with E-state index in [9.17, 15) is 23.1 Å². The molecule has 1 saturated heterocycles. The van der Waals surface area contributed by atoms with Crippen molar-refractivity contribution < 1.29 is 32.6 Å². The maximum Gasteiger partial charge on any atom is 0.414 e. The van der Waals surface area contributed by atoms with Gasteiger partial charge in [-0.25, -0.2) is 13.2 Å². The van der Waals surface area contributed by atoms with Gasteiger partial charge in [0, 0.05) is 31.0 Å². The van der Waals surface area contributed by atoms with Crippen LogP contribution in [-0.2, 0) is 24.1 Å². The molecule has 0 saturated carbocycles. The van der Waals surface area contributed by atoms with Crippen molar-refractivity contribution in [1.29, 1.82) is 0 Å².